The van der Waals surface area contributed by atoms with Crippen LogP contribution in [0.2, 0.25) is 0 Å². The summed E-state index contributed by atoms with van der Waals surface area (Å²) in [5.41, 5.74) is 0. The van der Waals surface area contributed by atoms with Crippen LogP contribution in [0.3, 0.4) is 0 Å². The van der Waals surface area contributed by atoms with Crippen molar-refractivity contribution < 1.29 is 9.52 Å². The lowest BCUT2D eigenvalue weighted by Crippen LogP contribution is -2.23. The van der Waals surface area contributed by atoms with Crippen molar-refractivity contribution in [1.82, 2.24) is 10.6 Å². The molecule has 0 aliphatic rings. The number of furan rings is 1. The van der Waals surface area contributed by atoms with E-state index >= 15 is 0 Å². The SMILES string of the molecule is OCCNCCCNCc1ccco1. The van der Waals surface area contributed by atoms with Crippen LogP contribution in [0.25, 0.3) is 0 Å². The second kappa shape index (κ2) is 7.55. The molecule has 1 aromatic heterocycles. The molecule has 0 bridgehead atoms. The Morgan fingerprint density at radius 2 is 2.07 bits per heavy atom. The maximum absolute atomic E-state index is 8.50. The zero-order chi connectivity index (χ0) is 10.1. The minimum Gasteiger partial charge on any atom is -0.468 e. The molecule has 1 heterocycles. The lowest BCUT2D eigenvalue weighted by atomic mass is 10.4. The molecule has 4 nitrogen and oxygen atoms in total. The molecule has 0 saturated heterocycles. The first kappa shape index (κ1) is 11.2. The van der Waals surface area contributed by atoms with Gasteiger partial charge in [-0.1, -0.05) is 0 Å². The molecule has 0 fully saturated rings. The van der Waals surface area contributed by atoms with Crippen molar-refractivity contribution in [2.24, 2.45) is 0 Å². The van der Waals surface area contributed by atoms with Crippen LogP contribution in [-0.2, 0) is 6.54 Å². The van der Waals surface area contributed by atoms with Crippen LogP contribution in [0.1, 0.15) is 12.2 Å². The van der Waals surface area contributed by atoms with E-state index in [0.717, 1.165) is 31.8 Å². The van der Waals surface area contributed by atoms with Crippen molar-refractivity contribution in [1.29, 1.82) is 0 Å². The molecule has 0 radical (unpaired) electrons. The van der Waals surface area contributed by atoms with E-state index in [-0.39, 0.29) is 6.61 Å². The first-order valence-corrected chi connectivity index (χ1v) is 4.98. The van der Waals surface area contributed by atoms with E-state index in [1.54, 1.807) is 6.26 Å². The van der Waals surface area contributed by atoms with E-state index in [4.69, 9.17) is 9.52 Å². The molecule has 4 heteroatoms. The number of hydrogen-bond acceptors (Lipinski definition) is 4. The van der Waals surface area contributed by atoms with Gasteiger partial charge in [-0.15, -0.1) is 0 Å². The van der Waals surface area contributed by atoms with Gasteiger partial charge in [0, 0.05) is 6.54 Å². The van der Waals surface area contributed by atoms with Gasteiger partial charge in [0.2, 0.25) is 0 Å². The van der Waals surface area contributed by atoms with E-state index in [1.165, 1.54) is 0 Å². The third-order valence-electron chi connectivity index (χ3n) is 1.88. The Balaban J connectivity index is 1.85. The summed E-state index contributed by atoms with van der Waals surface area (Å²) < 4.78 is 5.17. The second-order valence-corrected chi connectivity index (χ2v) is 3.08. The molecule has 0 saturated carbocycles. The highest BCUT2D eigenvalue weighted by molar-refractivity contribution is 4.97. The molecule has 0 amide bonds. The normalized spacial score (nSPS) is 10.6. The predicted molar refractivity (Wildman–Crippen MR) is 55.0 cm³/mol. The van der Waals surface area contributed by atoms with Crippen LogP contribution in [-0.4, -0.2) is 31.3 Å². The van der Waals surface area contributed by atoms with Crippen molar-refractivity contribution in [2.75, 3.05) is 26.2 Å². The van der Waals surface area contributed by atoms with Gasteiger partial charge in [-0.2, -0.15) is 0 Å². The van der Waals surface area contributed by atoms with Crippen molar-refractivity contribution >= 4 is 0 Å². The number of hydrogen-bond donors (Lipinski definition) is 3. The molecule has 14 heavy (non-hydrogen) atoms. The van der Waals surface area contributed by atoms with E-state index in [9.17, 15) is 0 Å². The molecule has 0 unspecified atom stereocenters. The summed E-state index contributed by atoms with van der Waals surface area (Å²) in [5, 5.41) is 14.9. The Bertz CT molecular complexity index is 212. The third-order valence-corrected chi connectivity index (χ3v) is 1.88. The van der Waals surface area contributed by atoms with Gasteiger partial charge in [0.1, 0.15) is 5.76 Å². The van der Waals surface area contributed by atoms with Gasteiger partial charge >= 0.3 is 0 Å². The first-order chi connectivity index (χ1) is 6.93. The third kappa shape index (κ3) is 5.01. The highest BCUT2D eigenvalue weighted by atomic mass is 16.3. The average Bonchev–Trinajstić information content (AvgIpc) is 2.69. The van der Waals surface area contributed by atoms with Crippen LogP contribution in [0.4, 0.5) is 0 Å². The van der Waals surface area contributed by atoms with Gasteiger partial charge < -0.3 is 20.2 Å². The maximum Gasteiger partial charge on any atom is 0.117 e. The van der Waals surface area contributed by atoms with Crippen molar-refractivity contribution in [2.45, 2.75) is 13.0 Å². The minimum atomic E-state index is 0.208. The average molecular weight is 198 g/mol. The Hall–Kier alpha value is -0.840. The molecule has 80 valence electrons. The summed E-state index contributed by atoms with van der Waals surface area (Å²) in [6, 6.07) is 3.84. The maximum atomic E-state index is 8.50. The molecule has 0 spiro atoms. The lowest BCUT2D eigenvalue weighted by Gasteiger charge is -2.03. The van der Waals surface area contributed by atoms with Crippen molar-refractivity contribution in [3.05, 3.63) is 24.2 Å². The van der Waals surface area contributed by atoms with Gasteiger partial charge in [-0.25, -0.2) is 0 Å². The number of aliphatic hydroxyl groups is 1. The van der Waals surface area contributed by atoms with E-state index < -0.39 is 0 Å². The fourth-order valence-corrected chi connectivity index (χ4v) is 1.17. The first-order valence-electron chi connectivity index (χ1n) is 4.98. The summed E-state index contributed by atoms with van der Waals surface area (Å²) >= 11 is 0. The Morgan fingerprint density at radius 3 is 2.79 bits per heavy atom. The highest BCUT2D eigenvalue weighted by Crippen LogP contribution is 1.97. The highest BCUT2D eigenvalue weighted by Gasteiger charge is 1.93. The number of aliphatic hydroxyl groups excluding tert-OH is 1. The van der Waals surface area contributed by atoms with Crippen LogP contribution < -0.4 is 10.6 Å². The molecule has 1 rings (SSSR count). The topological polar surface area (TPSA) is 57.4 Å². The number of nitrogens with one attached hydrogen (secondary N) is 2. The predicted octanol–water partition coefficient (Wildman–Crippen LogP) is 0.341. The van der Waals surface area contributed by atoms with Crippen LogP contribution in [0.5, 0.6) is 0 Å². The number of rotatable bonds is 8. The molecule has 0 aromatic carbocycles. The van der Waals surface area contributed by atoms with Gasteiger partial charge in [-0.3, -0.25) is 0 Å². The molecule has 0 aliphatic carbocycles. The zero-order valence-electron chi connectivity index (χ0n) is 8.33. The van der Waals surface area contributed by atoms with Crippen LogP contribution in [0, 0.1) is 0 Å². The Morgan fingerprint density at radius 1 is 1.21 bits per heavy atom. The fourth-order valence-electron chi connectivity index (χ4n) is 1.17. The Labute approximate surface area is 84.3 Å². The van der Waals surface area contributed by atoms with Crippen molar-refractivity contribution in [3.63, 3.8) is 0 Å². The zero-order valence-corrected chi connectivity index (χ0v) is 8.33. The molecular formula is C10H18N2O2. The summed E-state index contributed by atoms with van der Waals surface area (Å²) in [6.07, 6.45) is 2.74. The molecule has 0 atom stereocenters. The molecular weight excluding hydrogens is 180 g/mol. The monoisotopic (exact) mass is 198 g/mol. The smallest absolute Gasteiger partial charge is 0.117 e. The van der Waals surface area contributed by atoms with Crippen LogP contribution in [0.15, 0.2) is 22.8 Å². The van der Waals surface area contributed by atoms with Gasteiger partial charge in [0.25, 0.3) is 0 Å². The largest absolute Gasteiger partial charge is 0.468 e. The van der Waals surface area contributed by atoms with Gasteiger partial charge in [0.05, 0.1) is 19.4 Å². The standard InChI is InChI=1S/C10H18N2O2/c13-7-6-11-4-2-5-12-9-10-3-1-8-14-10/h1,3,8,11-13H,2,4-7,9H2. The van der Waals surface area contributed by atoms with Gasteiger partial charge in [0.15, 0.2) is 0 Å². The fraction of sp³-hybridized carbons (Fsp3) is 0.600. The second-order valence-electron chi connectivity index (χ2n) is 3.08. The quantitative estimate of drug-likeness (QED) is 0.527. The van der Waals surface area contributed by atoms with E-state index in [1.807, 2.05) is 12.1 Å². The van der Waals surface area contributed by atoms with E-state index in [0.29, 0.717) is 6.54 Å². The molecule has 0 aliphatic heterocycles. The van der Waals surface area contributed by atoms with Gasteiger partial charge in [-0.05, 0) is 31.6 Å². The lowest BCUT2D eigenvalue weighted by molar-refractivity contribution is 0.292. The summed E-state index contributed by atoms with van der Waals surface area (Å²) in [6.45, 7) is 3.57. The molecule has 3 N–H and O–H groups in total. The summed E-state index contributed by atoms with van der Waals surface area (Å²) in [4.78, 5) is 0. The summed E-state index contributed by atoms with van der Waals surface area (Å²) in [5.74, 6) is 0.966. The summed E-state index contributed by atoms with van der Waals surface area (Å²) in [7, 11) is 0. The van der Waals surface area contributed by atoms with Crippen LogP contribution >= 0.6 is 0 Å². The van der Waals surface area contributed by atoms with E-state index in [2.05, 4.69) is 10.6 Å². The Kier molecular flexibility index (Phi) is 6.06. The minimum absolute atomic E-state index is 0.208. The molecule has 1 aromatic rings. The van der Waals surface area contributed by atoms with Crippen molar-refractivity contribution in [3.8, 4) is 0 Å².